The number of fused-ring (bicyclic) bond motifs is 1. The van der Waals surface area contributed by atoms with Crippen molar-refractivity contribution in [3.05, 3.63) is 44.2 Å². The minimum absolute atomic E-state index is 0.171. The van der Waals surface area contributed by atoms with E-state index in [1.54, 1.807) is 0 Å². The van der Waals surface area contributed by atoms with Gasteiger partial charge in [0.15, 0.2) is 5.43 Å². The van der Waals surface area contributed by atoms with E-state index in [0.29, 0.717) is 0 Å². The number of H-pyrrole nitrogens is 1. The third kappa shape index (κ3) is 3.74. The van der Waals surface area contributed by atoms with Crippen LogP contribution in [0.25, 0.3) is 10.9 Å². The van der Waals surface area contributed by atoms with Crippen LogP contribution in [-0.4, -0.2) is 18.1 Å². The molecule has 1 atom stereocenters. The first-order chi connectivity index (χ1) is 10.1. The highest BCUT2D eigenvalue weighted by Gasteiger charge is 2.15. The Bertz CT molecular complexity index is 678. The number of aromatic nitrogens is 1. The first kappa shape index (κ1) is 16.2. The third-order valence-corrected chi connectivity index (χ3v) is 4.58. The number of unbranched alkanes of at least 4 members (excludes halogenated alkanes) is 1. The summed E-state index contributed by atoms with van der Waals surface area (Å²) in [5.41, 5.74) is 3.01. The van der Waals surface area contributed by atoms with E-state index in [2.05, 4.69) is 34.8 Å². The molecular formula is C17H24BrN2O+. The number of hydrogen-bond acceptors (Lipinski definition) is 1. The van der Waals surface area contributed by atoms with Gasteiger partial charge in [0.25, 0.3) is 0 Å². The molecule has 114 valence electrons. The van der Waals surface area contributed by atoms with Gasteiger partial charge in [-0.2, -0.15) is 0 Å². The van der Waals surface area contributed by atoms with E-state index < -0.39 is 0 Å². The number of halogens is 1. The van der Waals surface area contributed by atoms with E-state index in [4.69, 9.17) is 0 Å². The molecule has 0 aliphatic rings. The summed E-state index contributed by atoms with van der Waals surface area (Å²) in [6.45, 7) is 9.38. The molecule has 0 saturated carbocycles. The molecule has 2 aromatic rings. The Morgan fingerprint density at radius 1 is 1.29 bits per heavy atom. The highest BCUT2D eigenvalue weighted by molar-refractivity contribution is 9.10. The Morgan fingerprint density at radius 3 is 2.71 bits per heavy atom. The van der Waals surface area contributed by atoms with E-state index >= 15 is 0 Å². The smallest absolute Gasteiger partial charge is 0.198 e. The molecule has 21 heavy (non-hydrogen) atoms. The van der Waals surface area contributed by atoms with Crippen molar-refractivity contribution in [3.8, 4) is 0 Å². The fourth-order valence-corrected chi connectivity index (χ4v) is 3.06. The standard InChI is InChI=1S/C17H23BrN2O/c1-4-6-9-20(5-2)11-15-12(3)19-16-8-7-13(18)10-14(16)17(15)21/h7-8,10H,4-6,9,11H2,1-3H3,(H,19,21)/p+1. The molecular weight excluding hydrogens is 328 g/mol. The predicted octanol–water partition coefficient (Wildman–Crippen LogP) is 2.80. The number of rotatable bonds is 6. The summed E-state index contributed by atoms with van der Waals surface area (Å²) in [5, 5.41) is 0.774. The quantitative estimate of drug-likeness (QED) is 0.824. The molecule has 4 heteroatoms. The van der Waals surface area contributed by atoms with Gasteiger partial charge in [0.05, 0.1) is 18.7 Å². The lowest BCUT2D eigenvalue weighted by atomic mass is 10.1. The number of quaternary nitrogens is 1. The molecule has 2 rings (SSSR count). The zero-order valence-corrected chi connectivity index (χ0v) is 14.6. The summed E-state index contributed by atoms with van der Waals surface area (Å²) in [5.74, 6) is 0. The summed E-state index contributed by atoms with van der Waals surface area (Å²) in [7, 11) is 0. The van der Waals surface area contributed by atoms with E-state index in [0.717, 1.165) is 46.3 Å². The van der Waals surface area contributed by atoms with Crippen LogP contribution in [0.2, 0.25) is 0 Å². The summed E-state index contributed by atoms with van der Waals surface area (Å²) >= 11 is 3.45. The minimum atomic E-state index is 0.171. The molecule has 0 fully saturated rings. The van der Waals surface area contributed by atoms with Gasteiger partial charge in [0.2, 0.25) is 0 Å². The number of aryl methyl sites for hydroxylation is 1. The van der Waals surface area contributed by atoms with Gasteiger partial charge >= 0.3 is 0 Å². The van der Waals surface area contributed by atoms with Crippen molar-refractivity contribution in [2.45, 2.75) is 40.2 Å². The molecule has 0 aliphatic carbocycles. The maximum Gasteiger partial charge on any atom is 0.198 e. The fourth-order valence-electron chi connectivity index (χ4n) is 2.70. The number of benzene rings is 1. The number of pyridine rings is 1. The van der Waals surface area contributed by atoms with Crippen molar-refractivity contribution in [2.75, 3.05) is 13.1 Å². The highest BCUT2D eigenvalue weighted by Crippen LogP contribution is 2.17. The average Bonchev–Trinajstić information content (AvgIpc) is 2.47. The van der Waals surface area contributed by atoms with Crippen LogP contribution < -0.4 is 10.3 Å². The van der Waals surface area contributed by atoms with Crippen molar-refractivity contribution in [2.24, 2.45) is 0 Å². The second-order valence-electron chi connectivity index (χ2n) is 5.63. The van der Waals surface area contributed by atoms with Gasteiger partial charge in [-0.3, -0.25) is 4.79 Å². The predicted molar refractivity (Wildman–Crippen MR) is 92.0 cm³/mol. The molecule has 0 spiro atoms. The van der Waals surface area contributed by atoms with Crippen LogP contribution in [0.1, 0.15) is 37.9 Å². The third-order valence-electron chi connectivity index (χ3n) is 4.09. The molecule has 1 aromatic carbocycles. The van der Waals surface area contributed by atoms with Gasteiger partial charge in [-0.25, -0.2) is 0 Å². The zero-order valence-electron chi connectivity index (χ0n) is 13.1. The summed E-state index contributed by atoms with van der Waals surface area (Å²) in [4.78, 5) is 17.6. The Balaban J connectivity index is 2.41. The van der Waals surface area contributed by atoms with Crippen LogP contribution in [0.15, 0.2) is 27.5 Å². The average molecular weight is 352 g/mol. The van der Waals surface area contributed by atoms with Crippen LogP contribution in [0.3, 0.4) is 0 Å². The van der Waals surface area contributed by atoms with Crippen molar-refractivity contribution >= 4 is 26.8 Å². The van der Waals surface area contributed by atoms with Gasteiger partial charge in [-0.05, 0) is 38.5 Å². The van der Waals surface area contributed by atoms with Crippen molar-refractivity contribution in [1.29, 1.82) is 0 Å². The van der Waals surface area contributed by atoms with Crippen LogP contribution in [-0.2, 0) is 6.54 Å². The largest absolute Gasteiger partial charge is 0.358 e. The Kier molecular flexibility index (Phi) is 5.59. The van der Waals surface area contributed by atoms with E-state index in [1.165, 1.54) is 17.7 Å². The molecule has 0 bridgehead atoms. The number of hydrogen-bond donors (Lipinski definition) is 2. The van der Waals surface area contributed by atoms with Gasteiger partial charge < -0.3 is 9.88 Å². The molecule has 0 radical (unpaired) electrons. The lowest BCUT2D eigenvalue weighted by Gasteiger charge is -2.18. The Hall–Kier alpha value is -1.13. The number of aromatic amines is 1. The maximum atomic E-state index is 12.8. The molecule has 2 N–H and O–H groups in total. The molecule has 1 heterocycles. The Labute approximate surface area is 134 Å². The lowest BCUT2D eigenvalue weighted by molar-refractivity contribution is -0.912. The fraction of sp³-hybridized carbons (Fsp3) is 0.471. The van der Waals surface area contributed by atoms with Crippen molar-refractivity contribution < 1.29 is 4.90 Å². The van der Waals surface area contributed by atoms with Crippen LogP contribution in [0, 0.1) is 6.92 Å². The van der Waals surface area contributed by atoms with Crippen molar-refractivity contribution in [3.63, 3.8) is 0 Å². The Morgan fingerprint density at radius 2 is 2.05 bits per heavy atom. The maximum absolute atomic E-state index is 12.8. The first-order valence-corrected chi connectivity index (χ1v) is 8.50. The van der Waals surface area contributed by atoms with E-state index in [9.17, 15) is 4.79 Å². The monoisotopic (exact) mass is 351 g/mol. The molecule has 0 saturated heterocycles. The topological polar surface area (TPSA) is 37.3 Å². The molecule has 0 aliphatic heterocycles. The van der Waals surface area contributed by atoms with Crippen LogP contribution >= 0.6 is 15.9 Å². The summed E-state index contributed by atoms with van der Waals surface area (Å²) in [6.07, 6.45) is 2.41. The van der Waals surface area contributed by atoms with Gasteiger partial charge in [0, 0.05) is 21.1 Å². The molecule has 1 aromatic heterocycles. The molecule has 1 unspecified atom stereocenters. The van der Waals surface area contributed by atoms with Gasteiger partial charge in [-0.1, -0.05) is 29.3 Å². The lowest BCUT2D eigenvalue weighted by Crippen LogP contribution is -3.10. The zero-order chi connectivity index (χ0) is 15.4. The first-order valence-electron chi connectivity index (χ1n) is 7.71. The van der Waals surface area contributed by atoms with Gasteiger partial charge in [0.1, 0.15) is 6.54 Å². The minimum Gasteiger partial charge on any atom is -0.358 e. The SMILES string of the molecule is CCCC[NH+](CC)Cc1c(C)[nH]c2ccc(Br)cc2c1=O. The summed E-state index contributed by atoms with van der Waals surface area (Å²) < 4.78 is 0.945. The normalized spacial score (nSPS) is 12.8. The van der Waals surface area contributed by atoms with Crippen LogP contribution in [0.5, 0.6) is 0 Å². The number of nitrogens with one attached hydrogen (secondary N) is 2. The van der Waals surface area contributed by atoms with Crippen LogP contribution in [0.4, 0.5) is 0 Å². The molecule has 0 amide bonds. The van der Waals surface area contributed by atoms with Gasteiger partial charge in [-0.15, -0.1) is 0 Å². The second-order valence-corrected chi connectivity index (χ2v) is 6.55. The highest BCUT2D eigenvalue weighted by atomic mass is 79.9. The van der Waals surface area contributed by atoms with Crippen molar-refractivity contribution in [1.82, 2.24) is 4.98 Å². The van der Waals surface area contributed by atoms with E-state index in [-0.39, 0.29) is 5.43 Å². The summed E-state index contributed by atoms with van der Waals surface area (Å²) in [6, 6.07) is 5.83. The second kappa shape index (κ2) is 7.23. The van der Waals surface area contributed by atoms with E-state index in [1.807, 2.05) is 25.1 Å². The molecule has 3 nitrogen and oxygen atoms in total.